The first-order valence-corrected chi connectivity index (χ1v) is 11.4. The van der Waals surface area contributed by atoms with Gasteiger partial charge in [-0.1, -0.05) is 18.2 Å². The zero-order valence-corrected chi connectivity index (χ0v) is 21.0. The van der Waals surface area contributed by atoms with E-state index in [-0.39, 0.29) is 24.0 Å². The number of halogens is 1. The summed E-state index contributed by atoms with van der Waals surface area (Å²) in [7, 11) is 0. The maximum atomic E-state index is 4.88. The molecule has 3 rings (SSSR count). The van der Waals surface area contributed by atoms with Crippen LogP contribution in [0.1, 0.15) is 31.2 Å². The average molecular weight is 528 g/mol. The number of benzene rings is 1. The van der Waals surface area contributed by atoms with Crippen molar-refractivity contribution in [3.63, 3.8) is 0 Å². The lowest BCUT2D eigenvalue weighted by Crippen LogP contribution is -2.40. The molecule has 1 atom stereocenters. The van der Waals surface area contributed by atoms with Crippen LogP contribution in [0.2, 0.25) is 0 Å². The van der Waals surface area contributed by atoms with Crippen LogP contribution < -0.4 is 5.32 Å². The molecule has 2 aromatic rings. The molecule has 160 valence electrons. The van der Waals surface area contributed by atoms with E-state index >= 15 is 0 Å². The Morgan fingerprint density at radius 1 is 1.28 bits per heavy atom. The molecule has 0 radical (unpaired) electrons. The molecule has 29 heavy (non-hydrogen) atoms. The lowest BCUT2D eigenvalue weighted by Gasteiger charge is -2.21. The predicted octanol–water partition coefficient (Wildman–Crippen LogP) is 4.59. The van der Waals surface area contributed by atoms with Crippen LogP contribution in [0.4, 0.5) is 0 Å². The van der Waals surface area contributed by atoms with E-state index in [2.05, 4.69) is 70.2 Å². The number of nitrogens with zero attached hydrogens (tertiary/aromatic N) is 4. The Morgan fingerprint density at radius 3 is 2.76 bits per heavy atom. The highest BCUT2D eigenvalue weighted by molar-refractivity contribution is 14.0. The van der Waals surface area contributed by atoms with Crippen molar-refractivity contribution < 1.29 is 0 Å². The number of aliphatic imine (C=N–C) groups is 1. The van der Waals surface area contributed by atoms with Crippen molar-refractivity contribution in [3.05, 3.63) is 47.8 Å². The molecule has 1 aliphatic rings. The van der Waals surface area contributed by atoms with Crippen molar-refractivity contribution in [2.45, 2.75) is 45.1 Å². The molecular weight excluding hydrogens is 493 g/mol. The van der Waals surface area contributed by atoms with Gasteiger partial charge in [0.2, 0.25) is 0 Å². The second kappa shape index (κ2) is 12.5. The van der Waals surface area contributed by atoms with Crippen LogP contribution in [0.3, 0.4) is 0 Å². The number of aryl methyl sites for hydroxylation is 3. The van der Waals surface area contributed by atoms with Gasteiger partial charge in [0.05, 0.1) is 5.69 Å². The van der Waals surface area contributed by atoms with Crippen LogP contribution in [0.5, 0.6) is 0 Å². The zero-order chi connectivity index (χ0) is 19.8. The number of guanidine groups is 1. The molecule has 2 heterocycles. The smallest absolute Gasteiger partial charge is 0.193 e. The van der Waals surface area contributed by atoms with Crippen molar-refractivity contribution in [2.24, 2.45) is 10.9 Å². The highest BCUT2D eigenvalue weighted by Gasteiger charge is 2.24. The van der Waals surface area contributed by atoms with Crippen LogP contribution in [-0.4, -0.2) is 52.6 Å². The number of thioether (sulfide) groups is 1. The maximum Gasteiger partial charge on any atom is 0.193 e. The van der Waals surface area contributed by atoms with E-state index in [1.54, 1.807) is 0 Å². The lowest BCUT2D eigenvalue weighted by molar-refractivity contribution is 0.472. The Morgan fingerprint density at radius 2 is 2.07 bits per heavy atom. The van der Waals surface area contributed by atoms with Crippen molar-refractivity contribution in [2.75, 3.05) is 31.9 Å². The van der Waals surface area contributed by atoms with Crippen LogP contribution in [-0.2, 0) is 6.54 Å². The molecule has 0 spiro atoms. The highest BCUT2D eigenvalue weighted by atomic mass is 127. The standard InChI is InChI=1S/C22H33N5S.HI/c1-4-23-22(24-12-8-13-27-19(3)15-18(2)25-27)26-14-11-20(16-26)17-28-21-9-6-5-7-10-21;/h5-7,9-10,15,20H,4,8,11-14,16-17H2,1-3H3,(H,23,24);1H. The summed E-state index contributed by atoms with van der Waals surface area (Å²) >= 11 is 1.97. The molecule has 0 aliphatic carbocycles. The summed E-state index contributed by atoms with van der Waals surface area (Å²) in [6.07, 6.45) is 2.26. The predicted molar refractivity (Wildman–Crippen MR) is 135 cm³/mol. The molecule has 0 amide bonds. The minimum atomic E-state index is 0. The lowest BCUT2D eigenvalue weighted by atomic mass is 10.2. The Bertz CT molecular complexity index is 762. The largest absolute Gasteiger partial charge is 0.357 e. The quantitative estimate of drug-likeness (QED) is 0.179. The minimum absolute atomic E-state index is 0. The number of hydrogen-bond donors (Lipinski definition) is 1. The molecule has 1 aromatic carbocycles. The highest BCUT2D eigenvalue weighted by Crippen LogP contribution is 2.25. The van der Waals surface area contributed by atoms with Crippen molar-refractivity contribution >= 4 is 41.7 Å². The first kappa shape index (κ1) is 24.1. The fourth-order valence-electron chi connectivity index (χ4n) is 3.62. The number of nitrogens with one attached hydrogen (secondary N) is 1. The first-order chi connectivity index (χ1) is 13.7. The van der Waals surface area contributed by atoms with E-state index in [1.807, 2.05) is 18.7 Å². The molecule has 1 aliphatic heterocycles. The zero-order valence-electron chi connectivity index (χ0n) is 17.8. The molecule has 1 aromatic heterocycles. The molecule has 0 bridgehead atoms. The van der Waals surface area contributed by atoms with Gasteiger partial charge < -0.3 is 10.2 Å². The van der Waals surface area contributed by atoms with Gasteiger partial charge in [0.25, 0.3) is 0 Å². The summed E-state index contributed by atoms with van der Waals surface area (Å²) in [4.78, 5) is 8.68. The number of likely N-dealkylation sites (tertiary alicyclic amines) is 1. The maximum absolute atomic E-state index is 4.88. The summed E-state index contributed by atoms with van der Waals surface area (Å²) in [6.45, 7) is 11.2. The normalized spacial score (nSPS) is 16.7. The summed E-state index contributed by atoms with van der Waals surface area (Å²) < 4.78 is 2.09. The molecule has 1 N–H and O–H groups in total. The second-order valence-corrected chi connectivity index (χ2v) is 8.56. The van der Waals surface area contributed by atoms with E-state index in [4.69, 9.17) is 4.99 Å². The molecule has 1 saturated heterocycles. The van der Waals surface area contributed by atoms with Gasteiger partial charge in [-0.25, -0.2) is 0 Å². The topological polar surface area (TPSA) is 45.5 Å². The third-order valence-corrected chi connectivity index (χ3v) is 6.29. The van der Waals surface area contributed by atoms with Gasteiger partial charge >= 0.3 is 0 Å². The Balaban J connectivity index is 0.00000300. The van der Waals surface area contributed by atoms with Gasteiger partial charge in [0, 0.05) is 49.1 Å². The molecule has 7 heteroatoms. The molecule has 1 fully saturated rings. The Kier molecular flexibility index (Phi) is 10.3. The monoisotopic (exact) mass is 527 g/mol. The van der Waals surface area contributed by atoms with Gasteiger partial charge in [0.1, 0.15) is 0 Å². The van der Waals surface area contributed by atoms with Crippen molar-refractivity contribution in [1.82, 2.24) is 20.0 Å². The van der Waals surface area contributed by atoms with Crippen molar-refractivity contribution in [3.8, 4) is 0 Å². The summed E-state index contributed by atoms with van der Waals surface area (Å²) in [5, 5.41) is 8.02. The average Bonchev–Trinajstić information content (AvgIpc) is 3.29. The van der Waals surface area contributed by atoms with Gasteiger partial charge in [0.15, 0.2) is 5.96 Å². The van der Waals surface area contributed by atoms with E-state index in [9.17, 15) is 0 Å². The third kappa shape index (κ3) is 7.51. The van der Waals surface area contributed by atoms with Crippen LogP contribution in [0.15, 0.2) is 46.3 Å². The summed E-state index contributed by atoms with van der Waals surface area (Å²) in [6, 6.07) is 12.8. The summed E-state index contributed by atoms with van der Waals surface area (Å²) in [5.74, 6) is 2.98. The molecular formula is C22H34IN5S. The van der Waals surface area contributed by atoms with E-state index in [1.165, 1.54) is 22.8 Å². The number of aromatic nitrogens is 2. The molecule has 5 nitrogen and oxygen atoms in total. The fraction of sp³-hybridized carbons (Fsp3) is 0.545. The second-order valence-electron chi connectivity index (χ2n) is 7.46. The third-order valence-electron chi connectivity index (χ3n) is 5.04. The summed E-state index contributed by atoms with van der Waals surface area (Å²) in [5.41, 5.74) is 2.32. The molecule has 1 unspecified atom stereocenters. The van der Waals surface area contributed by atoms with Crippen LogP contribution in [0, 0.1) is 19.8 Å². The van der Waals surface area contributed by atoms with Gasteiger partial charge in [-0.15, -0.1) is 35.7 Å². The first-order valence-electron chi connectivity index (χ1n) is 10.4. The van der Waals surface area contributed by atoms with E-state index in [0.717, 1.165) is 56.7 Å². The fourth-order valence-corrected chi connectivity index (χ4v) is 4.67. The van der Waals surface area contributed by atoms with Gasteiger partial charge in [-0.05, 0) is 57.7 Å². The van der Waals surface area contributed by atoms with Crippen LogP contribution in [0.25, 0.3) is 0 Å². The van der Waals surface area contributed by atoms with Gasteiger partial charge in [-0.2, -0.15) is 5.10 Å². The van der Waals surface area contributed by atoms with E-state index in [0.29, 0.717) is 0 Å². The SMILES string of the molecule is CCNC(=NCCCn1nc(C)cc1C)N1CCC(CSc2ccccc2)C1.I. The minimum Gasteiger partial charge on any atom is -0.357 e. The van der Waals surface area contributed by atoms with E-state index < -0.39 is 0 Å². The Labute approximate surface area is 196 Å². The molecule has 0 saturated carbocycles. The van der Waals surface area contributed by atoms with Gasteiger partial charge in [-0.3, -0.25) is 9.67 Å². The Hall–Kier alpha value is -1.22. The number of hydrogen-bond acceptors (Lipinski definition) is 3. The van der Waals surface area contributed by atoms with Crippen molar-refractivity contribution in [1.29, 1.82) is 0 Å². The van der Waals surface area contributed by atoms with Crippen LogP contribution >= 0.6 is 35.7 Å². The number of rotatable bonds is 8.